The molecule has 0 aliphatic heterocycles. The summed E-state index contributed by atoms with van der Waals surface area (Å²) in [7, 11) is 0. The fourth-order valence-electron chi connectivity index (χ4n) is 2.93. The molecule has 0 N–H and O–H groups in total. The molecule has 2 nitrogen and oxygen atoms in total. The molecule has 4 rings (SSSR count). The highest BCUT2D eigenvalue weighted by Gasteiger charge is 2.19. The molecule has 4 aromatic rings. The molecule has 2 aromatic carbocycles. The van der Waals surface area contributed by atoms with E-state index in [0.717, 1.165) is 23.4 Å². The second-order valence-corrected chi connectivity index (χ2v) is 6.50. The standard InChI is InChI=1S/C20H15Cl2N2.BrH/c21-17-10-9-16(12-18(17)22)19-14-23-11-5-4-8-20(23)24(19)13-15-6-2-1-3-7-15;/h1-12,14H,13H2;1H/q+1;/p-1. The van der Waals surface area contributed by atoms with E-state index >= 15 is 0 Å². The molecule has 0 spiro atoms. The average molecular weight is 434 g/mol. The minimum atomic E-state index is 0. The number of hydrogen-bond donors (Lipinski definition) is 0. The molecule has 0 aliphatic carbocycles. The molecule has 126 valence electrons. The smallest absolute Gasteiger partial charge is 0.286 e. The van der Waals surface area contributed by atoms with Gasteiger partial charge in [0.2, 0.25) is 0 Å². The van der Waals surface area contributed by atoms with Crippen molar-refractivity contribution in [3.05, 3.63) is 94.7 Å². The Morgan fingerprint density at radius 2 is 1.60 bits per heavy atom. The first-order chi connectivity index (χ1) is 11.7. The van der Waals surface area contributed by atoms with Gasteiger partial charge in [0, 0.05) is 11.6 Å². The van der Waals surface area contributed by atoms with Crippen molar-refractivity contribution in [2.24, 2.45) is 0 Å². The number of nitrogens with zero attached hydrogens (tertiary/aromatic N) is 2. The second-order valence-electron chi connectivity index (χ2n) is 5.68. The van der Waals surface area contributed by atoms with E-state index < -0.39 is 0 Å². The van der Waals surface area contributed by atoms with Gasteiger partial charge in [-0.1, -0.05) is 59.6 Å². The molecule has 0 amide bonds. The third-order valence-electron chi connectivity index (χ3n) is 4.10. The quantitative estimate of drug-likeness (QED) is 0.438. The van der Waals surface area contributed by atoms with Gasteiger partial charge in [-0.15, -0.1) is 0 Å². The Hall–Kier alpha value is -1.81. The highest BCUT2D eigenvalue weighted by molar-refractivity contribution is 6.42. The van der Waals surface area contributed by atoms with Crippen LogP contribution >= 0.6 is 23.2 Å². The van der Waals surface area contributed by atoms with Crippen molar-refractivity contribution in [3.63, 3.8) is 0 Å². The Bertz CT molecular complexity index is 1010. The Morgan fingerprint density at radius 3 is 2.36 bits per heavy atom. The Morgan fingerprint density at radius 1 is 0.840 bits per heavy atom. The lowest BCUT2D eigenvalue weighted by Crippen LogP contribution is -3.00. The molecule has 0 bridgehead atoms. The maximum absolute atomic E-state index is 6.23. The van der Waals surface area contributed by atoms with Crippen LogP contribution in [0.15, 0.2) is 79.1 Å². The van der Waals surface area contributed by atoms with E-state index in [-0.39, 0.29) is 17.0 Å². The van der Waals surface area contributed by atoms with Crippen molar-refractivity contribution < 1.29 is 21.4 Å². The van der Waals surface area contributed by atoms with Crippen LogP contribution in [0.2, 0.25) is 10.0 Å². The van der Waals surface area contributed by atoms with Gasteiger partial charge in [-0.3, -0.25) is 0 Å². The number of fused-ring (bicyclic) bond motifs is 1. The van der Waals surface area contributed by atoms with Crippen LogP contribution in [0.5, 0.6) is 0 Å². The highest BCUT2D eigenvalue weighted by atomic mass is 79.9. The lowest BCUT2D eigenvalue weighted by Gasteiger charge is -2.05. The second kappa shape index (κ2) is 7.61. The van der Waals surface area contributed by atoms with Crippen molar-refractivity contribution in [1.29, 1.82) is 0 Å². The van der Waals surface area contributed by atoms with Crippen LogP contribution in [0, 0.1) is 0 Å². The maximum Gasteiger partial charge on any atom is 0.286 e. The van der Waals surface area contributed by atoms with E-state index in [9.17, 15) is 0 Å². The largest absolute Gasteiger partial charge is 1.00 e. The summed E-state index contributed by atoms with van der Waals surface area (Å²) in [5.74, 6) is 0. The molecule has 0 atom stereocenters. The lowest BCUT2D eigenvalue weighted by atomic mass is 10.1. The number of imidazole rings is 1. The fourth-order valence-corrected chi connectivity index (χ4v) is 3.23. The van der Waals surface area contributed by atoms with Gasteiger partial charge in [-0.25, -0.2) is 8.97 Å². The minimum absolute atomic E-state index is 0. The van der Waals surface area contributed by atoms with Crippen molar-refractivity contribution >= 4 is 28.8 Å². The first-order valence-corrected chi connectivity index (χ1v) is 8.47. The lowest BCUT2D eigenvalue weighted by molar-refractivity contribution is -0.510. The SMILES string of the molecule is Clc1ccc(-c2c[n+]3ccccc3n2Cc2ccccc2)cc1Cl.[Br-]. The van der Waals surface area contributed by atoms with E-state index in [2.05, 4.69) is 57.8 Å². The van der Waals surface area contributed by atoms with Crippen LogP contribution in [0.4, 0.5) is 0 Å². The summed E-state index contributed by atoms with van der Waals surface area (Å²) in [5.41, 5.74) is 4.52. The van der Waals surface area contributed by atoms with Gasteiger partial charge >= 0.3 is 0 Å². The molecule has 0 unspecified atom stereocenters. The predicted octanol–water partition coefficient (Wildman–Crippen LogP) is 2.25. The average Bonchev–Trinajstić information content (AvgIpc) is 2.97. The van der Waals surface area contributed by atoms with Crippen LogP contribution in [-0.4, -0.2) is 4.57 Å². The van der Waals surface area contributed by atoms with Gasteiger partial charge in [-0.2, -0.15) is 0 Å². The minimum Gasteiger partial charge on any atom is -1.00 e. The summed E-state index contributed by atoms with van der Waals surface area (Å²) < 4.78 is 4.41. The van der Waals surface area contributed by atoms with Gasteiger partial charge < -0.3 is 17.0 Å². The molecular weight excluding hydrogens is 419 g/mol. The number of pyridine rings is 1. The van der Waals surface area contributed by atoms with E-state index in [0.29, 0.717) is 10.0 Å². The van der Waals surface area contributed by atoms with E-state index in [1.807, 2.05) is 30.3 Å². The van der Waals surface area contributed by atoms with Gasteiger partial charge in [0.1, 0.15) is 12.7 Å². The van der Waals surface area contributed by atoms with Crippen LogP contribution in [0.1, 0.15) is 5.56 Å². The van der Waals surface area contributed by atoms with E-state index in [4.69, 9.17) is 23.2 Å². The Labute approximate surface area is 167 Å². The first-order valence-electron chi connectivity index (χ1n) is 7.71. The van der Waals surface area contributed by atoms with Gasteiger partial charge in [0.25, 0.3) is 5.65 Å². The zero-order chi connectivity index (χ0) is 16.5. The number of rotatable bonds is 3. The van der Waals surface area contributed by atoms with Crippen LogP contribution in [0.25, 0.3) is 16.9 Å². The molecule has 0 saturated carbocycles. The molecule has 25 heavy (non-hydrogen) atoms. The highest BCUT2D eigenvalue weighted by Crippen LogP contribution is 2.29. The molecule has 2 heterocycles. The molecule has 0 aliphatic rings. The monoisotopic (exact) mass is 432 g/mol. The fraction of sp³-hybridized carbons (Fsp3) is 0.0500. The van der Waals surface area contributed by atoms with Crippen molar-refractivity contribution in [3.8, 4) is 11.3 Å². The molecule has 0 radical (unpaired) electrons. The van der Waals surface area contributed by atoms with Gasteiger partial charge in [0.05, 0.1) is 16.2 Å². The third kappa shape index (κ3) is 3.59. The summed E-state index contributed by atoms with van der Waals surface area (Å²) in [6, 6.07) is 22.4. The number of hydrogen-bond acceptors (Lipinski definition) is 0. The van der Waals surface area contributed by atoms with Crippen molar-refractivity contribution in [2.45, 2.75) is 6.54 Å². The van der Waals surface area contributed by atoms with E-state index in [1.165, 1.54) is 5.56 Å². The Kier molecular flexibility index (Phi) is 5.48. The van der Waals surface area contributed by atoms with Crippen LogP contribution < -0.4 is 21.4 Å². The molecule has 0 fully saturated rings. The number of halogens is 3. The summed E-state index contributed by atoms with van der Waals surface area (Å²) in [5, 5.41) is 1.13. The normalized spacial score (nSPS) is 10.6. The summed E-state index contributed by atoms with van der Waals surface area (Å²) in [6.07, 6.45) is 4.18. The zero-order valence-electron chi connectivity index (χ0n) is 13.2. The maximum atomic E-state index is 6.23. The zero-order valence-corrected chi connectivity index (χ0v) is 16.3. The van der Waals surface area contributed by atoms with Crippen LogP contribution in [0.3, 0.4) is 0 Å². The summed E-state index contributed by atoms with van der Waals surface area (Å²) in [6.45, 7) is 0.789. The van der Waals surface area contributed by atoms with Gasteiger partial charge in [0.15, 0.2) is 5.69 Å². The van der Waals surface area contributed by atoms with Crippen molar-refractivity contribution in [1.82, 2.24) is 4.57 Å². The summed E-state index contributed by atoms with van der Waals surface area (Å²) >= 11 is 12.3. The van der Waals surface area contributed by atoms with Gasteiger partial charge in [-0.05, 0) is 29.8 Å². The molecule has 2 aromatic heterocycles. The summed E-state index contributed by atoms with van der Waals surface area (Å²) in [4.78, 5) is 0. The third-order valence-corrected chi connectivity index (χ3v) is 4.83. The number of benzene rings is 2. The Balaban J connectivity index is 0.00000182. The van der Waals surface area contributed by atoms with E-state index in [1.54, 1.807) is 0 Å². The molecule has 0 saturated heterocycles. The van der Waals surface area contributed by atoms with Crippen molar-refractivity contribution in [2.75, 3.05) is 0 Å². The van der Waals surface area contributed by atoms with Crippen LogP contribution in [-0.2, 0) is 6.54 Å². The molecular formula is C20H15BrCl2N2. The topological polar surface area (TPSA) is 9.03 Å². The molecule has 5 heteroatoms. The number of aromatic nitrogens is 2. The predicted molar refractivity (Wildman–Crippen MR) is 98.6 cm³/mol. The first kappa shape index (κ1) is 18.0.